The number of nitrogens with zero attached hydrogens (tertiary/aromatic N) is 4. The summed E-state index contributed by atoms with van der Waals surface area (Å²) in [5.41, 5.74) is 1.72. The van der Waals surface area contributed by atoms with Crippen molar-refractivity contribution in [3.8, 4) is 6.07 Å². The van der Waals surface area contributed by atoms with Crippen LogP contribution in [0.15, 0.2) is 18.3 Å². The van der Waals surface area contributed by atoms with E-state index >= 15 is 0 Å². The van der Waals surface area contributed by atoms with Gasteiger partial charge in [-0.05, 0) is 50.0 Å². The fraction of sp³-hybridized carbons (Fsp3) is 0.600. The van der Waals surface area contributed by atoms with Crippen LogP contribution in [0.2, 0.25) is 0 Å². The molecule has 4 heteroatoms. The van der Waals surface area contributed by atoms with Crippen molar-refractivity contribution in [1.29, 1.82) is 5.26 Å². The molecule has 0 spiro atoms. The van der Waals surface area contributed by atoms with Gasteiger partial charge in [-0.25, -0.2) is 4.98 Å². The van der Waals surface area contributed by atoms with Crippen LogP contribution in [-0.2, 0) is 6.54 Å². The molecule has 0 bridgehead atoms. The van der Waals surface area contributed by atoms with E-state index < -0.39 is 0 Å². The van der Waals surface area contributed by atoms with Crippen LogP contribution in [0.3, 0.4) is 0 Å². The highest BCUT2D eigenvalue weighted by molar-refractivity contribution is 5.25. The Kier molecular flexibility index (Phi) is 3.77. The predicted octanol–water partition coefficient (Wildman–Crippen LogP) is 1.62. The smallest absolute Gasteiger partial charge is 0.140 e. The van der Waals surface area contributed by atoms with Gasteiger partial charge in [0.25, 0.3) is 0 Å². The fourth-order valence-electron chi connectivity index (χ4n) is 3.25. The third-order valence-corrected chi connectivity index (χ3v) is 4.25. The quantitative estimate of drug-likeness (QED) is 0.824. The maximum Gasteiger partial charge on any atom is 0.140 e. The summed E-state index contributed by atoms with van der Waals surface area (Å²) in [5, 5.41) is 8.88. The zero-order chi connectivity index (χ0) is 13.1. The topological polar surface area (TPSA) is 43.2 Å². The third-order valence-electron chi connectivity index (χ3n) is 4.25. The van der Waals surface area contributed by atoms with Gasteiger partial charge in [-0.15, -0.1) is 0 Å². The van der Waals surface area contributed by atoms with E-state index in [1.54, 1.807) is 6.20 Å². The molecule has 2 fully saturated rings. The van der Waals surface area contributed by atoms with E-state index in [0.29, 0.717) is 5.69 Å². The van der Waals surface area contributed by atoms with Gasteiger partial charge in [0.1, 0.15) is 11.8 Å². The van der Waals surface area contributed by atoms with E-state index in [1.165, 1.54) is 51.0 Å². The Morgan fingerprint density at radius 1 is 1.32 bits per heavy atom. The van der Waals surface area contributed by atoms with Crippen molar-refractivity contribution in [2.45, 2.75) is 31.8 Å². The molecule has 0 saturated carbocycles. The Bertz CT molecular complexity index is 473. The average molecular weight is 256 g/mol. The van der Waals surface area contributed by atoms with Crippen molar-refractivity contribution >= 4 is 0 Å². The summed E-state index contributed by atoms with van der Waals surface area (Å²) in [7, 11) is 0. The summed E-state index contributed by atoms with van der Waals surface area (Å²) in [5.74, 6) is 0. The van der Waals surface area contributed by atoms with E-state index in [1.807, 2.05) is 12.1 Å². The minimum atomic E-state index is 0.521. The van der Waals surface area contributed by atoms with Crippen molar-refractivity contribution in [2.24, 2.45) is 0 Å². The molecule has 19 heavy (non-hydrogen) atoms. The first-order chi connectivity index (χ1) is 9.35. The van der Waals surface area contributed by atoms with Crippen molar-refractivity contribution in [3.05, 3.63) is 29.6 Å². The molecule has 3 heterocycles. The molecule has 2 saturated heterocycles. The second-order valence-electron chi connectivity index (χ2n) is 5.58. The Morgan fingerprint density at radius 2 is 2.16 bits per heavy atom. The van der Waals surface area contributed by atoms with Gasteiger partial charge in [-0.3, -0.25) is 9.80 Å². The van der Waals surface area contributed by atoms with Crippen LogP contribution >= 0.6 is 0 Å². The lowest BCUT2D eigenvalue weighted by Crippen LogP contribution is -2.35. The molecule has 4 nitrogen and oxygen atoms in total. The molecule has 0 amide bonds. The number of rotatable bonds is 3. The molecule has 2 aliphatic heterocycles. The van der Waals surface area contributed by atoms with Crippen molar-refractivity contribution in [3.63, 3.8) is 0 Å². The maximum atomic E-state index is 8.88. The van der Waals surface area contributed by atoms with E-state index in [9.17, 15) is 0 Å². The van der Waals surface area contributed by atoms with Crippen LogP contribution in [0, 0.1) is 11.3 Å². The molecule has 1 aromatic rings. The summed E-state index contributed by atoms with van der Waals surface area (Å²) < 4.78 is 0. The lowest BCUT2D eigenvalue weighted by atomic mass is 10.2. The Labute approximate surface area is 114 Å². The summed E-state index contributed by atoms with van der Waals surface area (Å²) >= 11 is 0. The number of hydrogen-bond donors (Lipinski definition) is 0. The lowest BCUT2D eigenvalue weighted by molar-refractivity contribution is 0.230. The van der Waals surface area contributed by atoms with Crippen LogP contribution in [0.25, 0.3) is 0 Å². The SMILES string of the molecule is N#Cc1cc(CN2CCC(N3CCCC3)C2)ccn1. The van der Waals surface area contributed by atoms with Crippen molar-refractivity contribution in [1.82, 2.24) is 14.8 Å². The van der Waals surface area contributed by atoms with E-state index in [4.69, 9.17) is 5.26 Å². The molecule has 0 aromatic carbocycles. The monoisotopic (exact) mass is 256 g/mol. The molecule has 1 atom stereocenters. The molecule has 0 radical (unpaired) electrons. The molecule has 2 aliphatic rings. The third kappa shape index (κ3) is 2.94. The number of aromatic nitrogens is 1. The largest absolute Gasteiger partial charge is 0.299 e. The van der Waals surface area contributed by atoms with Crippen molar-refractivity contribution < 1.29 is 0 Å². The number of nitriles is 1. The van der Waals surface area contributed by atoms with Gasteiger partial charge in [0, 0.05) is 31.9 Å². The van der Waals surface area contributed by atoms with Gasteiger partial charge >= 0.3 is 0 Å². The van der Waals surface area contributed by atoms with E-state index in [-0.39, 0.29) is 0 Å². The van der Waals surface area contributed by atoms with Gasteiger partial charge in [0.05, 0.1) is 0 Å². The Morgan fingerprint density at radius 3 is 2.95 bits per heavy atom. The molecule has 3 rings (SSSR count). The predicted molar refractivity (Wildman–Crippen MR) is 73.4 cm³/mol. The van der Waals surface area contributed by atoms with E-state index in [0.717, 1.165) is 12.6 Å². The highest BCUT2D eigenvalue weighted by Crippen LogP contribution is 2.21. The van der Waals surface area contributed by atoms with Crippen LogP contribution < -0.4 is 0 Å². The molecule has 0 N–H and O–H groups in total. The minimum Gasteiger partial charge on any atom is -0.299 e. The average Bonchev–Trinajstić information content (AvgIpc) is 3.09. The summed E-state index contributed by atoms with van der Waals surface area (Å²) in [4.78, 5) is 9.17. The van der Waals surface area contributed by atoms with Crippen LogP contribution in [-0.4, -0.2) is 47.0 Å². The molecule has 0 aliphatic carbocycles. The first-order valence-corrected chi connectivity index (χ1v) is 7.16. The summed E-state index contributed by atoms with van der Waals surface area (Å²) in [6.07, 6.45) is 5.76. The molecule has 1 aromatic heterocycles. The van der Waals surface area contributed by atoms with Gasteiger partial charge in [-0.1, -0.05) is 0 Å². The van der Waals surface area contributed by atoms with Gasteiger partial charge in [0.15, 0.2) is 0 Å². The standard InChI is InChI=1S/C15H20N4/c16-10-14-9-13(3-5-17-14)11-18-8-4-15(12-18)19-6-1-2-7-19/h3,5,9,15H,1-2,4,6-8,11-12H2. The van der Waals surface area contributed by atoms with Gasteiger partial charge in [-0.2, -0.15) is 5.26 Å². The highest BCUT2D eigenvalue weighted by atomic mass is 15.3. The van der Waals surface area contributed by atoms with Gasteiger partial charge in [0.2, 0.25) is 0 Å². The zero-order valence-corrected chi connectivity index (χ0v) is 11.3. The van der Waals surface area contributed by atoms with E-state index in [2.05, 4.69) is 20.9 Å². The van der Waals surface area contributed by atoms with Crippen LogP contribution in [0.4, 0.5) is 0 Å². The molecule has 100 valence electrons. The Balaban J connectivity index is 1.57. The highest BCUT2D eigenvalue weighted by Gasteiger charge is 2.28. The lowest BCUT2D eigenvalue weighted by Gasteiger charge is -2.23. The summed E-state index contributed by atoms with van der Waals surface area (Å²) in [6, 6.07) is 6.78. The number of pyridine rings is 1. The van der Waals surface area contributed by atoms with Gasteiger partial charge < -0.3 is 0 Å². The Hall–Kier alpha value is -1.44. The first-order valence-electron chi connectivity index (χ1n) is 7.16. The summed E-state index contributed by atoms with van der Waals surface area (Å²) in [6.45, 7) is 5.86. The minimum absolute atomic E-state index is 0.521. The molecule has 1 unspecified atom stereocenters. The maximum absolute atomic E-state index is 8.88. The van der Waals surface area contributed by atoms with Crippen LogP contribution in [0.1, 0.15) is 30.5 Å². The molecular formula is C15H20N4. The number of hydrogen-bond acceptors (Lipinski definition) is 4. The molecular weight excluding hydrogens is 236 g/mol. The zero-order valence-electron chi connectivity index (χ0n) is 11.3. The first kappa shape index (κ1) is 12.6. The van der Waals surface area contributed by atoms with Crippen molar-refractivity contribution in [2.75, 3.05) is 26.2 Å². The fourth-order valence-corrected chi connectivity index (χ4v) is 3.25. The normalized spacial score (nSPS) is 24.7. The second kappa shape index (κ2) is 5.68. The number of likely N-dealkylation sites (tertiary alicyclic amines) is 2. The van der Waals surface area contributed by atoms with Crippen LogP contribution in [0.5, 0.6) is 0 Å². The second-order valence-corrected chi connectivity index (χ2v) is 5.58.